The fraction of sp³-hybridized carbons (Fsp3) is 0.882. The summed E-state index contributed by atoms with van der Waals surface area (Å²) < 4.78 is 7.60. The molecule has 3 fully saturated rings. The van der Waals surface area contributed by atoms with Crippen molar-refractivity contribution >= 4 is 0 Å². The van der Waals surface area contributed by atoms with Crippen LogP contribution in [-0.2, 0) is 11.3 Å². The van der Waals surface area contributed by atoms with Gasteiger partial charge >= 0.3 is 0 Å². The van der Waals surface area contributed by atoms with E-state index in [2.05, 4.69) is 33.7 Å². The van der Waals surface area contributed by atoms with Gasteiger partial charge < -0.3 is 4.74 Å². The maximum absolute atomic E-state index is 5.60. The van der Waals surface area contributed by atoms with Gasteiger partial charge in [0.2, 0.25) is 0 Å². The van der Waals surface area contributed by atoms with Crippen LogP contribution in [0.1, 0.15) is 33.1 Å². The summed E-state index contributed by atoms with van der Waals surface area (Å²) in [6.07, 6.45) is 7.29. The van der Waals surface area contributed by atoms with Crippen LogP contribution in [-0.4, -0.2) is 75.0 Å². The van der Waals surface area contributed by atoms with E-state index < -0.39 is 0 Å². The average Bonchev–Trinajstić information content (AvgIpc) is 3.27. The monoisotopic (exact) mass is 319 g/mol. The summed E-state index contributed by atoms with van der Waals surface area (Å²) in [6.45, 7) is 10.0. The molecule has 4 rings (SSSR count). The zero-order valence-corrected chi connectivity index (χ0v) is 14.3. The lowest BCUT2D eigenvalue weighted by atomic mass is 9.91. The van der Waals surface area contributed by atoms with Crippen molar-refractivity contribution in [2.45, 2.75) is 63.8 Å². The highest BCUT2D eigenvalue weighted by Crippen LogP contribution is 2.38. The Morgan fingerprint density at radius 3 is 2.91 bits per heavy atom. The lowest BCUT2D eigenvalue weighted by Gasteiger charge is -2.42. The van der Waals surface area contributed by atoms with Crippen LogP contribution in [0.5, 0.6) is 0 Å². The van der Waals surface area contributed by atoms with Crippen molar-refractivity contribution in [2.24, 2.45) is 5.92 Å². The van der Waals surface area contributed by atoms with Crippen LogP contribution in [0.3, 0.4) is 0 Å². The Kier molecular flexibility index (Phi) is 4.39. The lowest BCUT2D eigenvalue weighted by molar-refractivity contribution is 0.0518. The van der Waals surface area contributed by atoms with Gasteiger partial charge in [0.1, 0.15) is 12.7 Å². The maximum atomic E-state index is 5.60. The molecular weight excluding hydrogens is 290 g/mol. The van der Waals surface area contributed by atoms with E-state index in [1.165, 1.54) is 32.4 Å². The first kappa shape index (κ1) is 15.5. The normalized spacial score (nSPS) is 36.0. The Bertz CT molecular complexity index is 499. The predicted molar refractivity (Wildman–Crippen MR) is 88.1 cm³/mol. The number of rotatable bonds is 4. The van der Waals surface area contributed by atoms with E-state index in [9.17, 15) is 0 Å². The summed E-state index contributed by atoms with van der Waals surface area (Å²) in [5, 5.41) is 4.32. The quantitative estimate of drug-likeness (QED) is 0.836. The largest absolute Gasteiger partial charge is 0.380 e. The molecular formula is C17H29N5O. The standard InChI is InChI=1S/C17H29N5O/c1-13(2)22-16(9-21-12-18-11-19-21)7-14-8-20(5-3-17(14)22)15-4-6-23-10-15/h11-17H,3-10H2,1-2H3/t14-,15?,16+,17+/m1/s1. The fourth-order valence-corrected chi connectivity index (χ4v) is 5.07. The number of hydrogen-bond donors (Lipinski definition) is 0. The summed E-state index contributed by atoms with van der Waals surface area (Å²) in [7, 11) is 0. The summed E-state index contributed by atoms with van der Waals surface area (Å²) in [5.74, 6) is 0.792. The van der Waals surface area contributed by atoms with Gasteiger partial charge in [-0.05, 0) is 39.0 Å². The zero-order chi connectivity index (χ0) is 15.8. The molecule has 0 aliphatic carbocycles. The van der Waals surface area contributed by atoms with Crippen molar-refractivity contribution in [1.29, 1.82) is 0 Å². The molecule has 4 atom stereocenters. The number of nitrogens with zero attached hydrogens (tertiary/aromatic N) is 5. The Balaban J connectivity index is 1.46. The van der Waals surface area contributed by atoms with Crippen LogP contribution < -0.4 is 0 Å². The summed E-state index contributed by atoms with van der Waals surface area (Å²) in [4.78, 5) is 9.56. The van der Waals surface area contributed by atoms with E-state index in [1.54, 1.807) is 6.33 Å². The van der Waals surface area contributed by atoms with Crippen LogP contribution in [0, 0.1) is 5.92 Å². The molecule has 6 nitrogen and oxygen atoms in total. The number of piperidine rings is 1. The van der Waals surface area contributed by atoms with Crippen LogP contribution in [0.4, 0.5) is 0 Å². The minimum atomic E-state index is 0.589. The number of aromatic nitrogens is 3. The summed E-state index contributed by atoms with van der Waals surface area (Å²) in [5.41, 5.74) is 0. The molecule has 0 spiro atoms. The van der Waals surface area contributed by atoms with Crippen LogP contribution >= 0.6 is 0 Å². The average molecular weight is 319 g/mol. The number of fused-ring (bicyclic) bond motifs is 1. The molecule has 1 aromatic heterocycles. The van der Waals surface area contributed by atoms with Gasteiger partial charge in [0.25, 0.3) is 0 Å². The van der Waals surface area contributed by atoms with Crippen LogP contribution in [0.25, 0.3) is 0 Å². The minimum Gasteiger partial charge on any atom is -0.380 e. The Morgan fingerprint density at radius 1 is 1.30 bits per heavy atom. The third-order valence-electron chi connectivity index (χ3n) is 5.99. The van der Waals surface area contributed by atoms with Crippen molar-refractivity contribution in [1.82, 2.24) is 24.6 Å². The first-order valence-corrected chi connectivity index (χ1v) is 9.14. The molecule has 23 heavy (non-hydrogen) atoms. The van der Waals surface area contributed by atoms with Crippen molar-refractivity contribution in [3.8, 4) is 0 Å². The molecule has 0 amide bonds. The first-order valence-electron chi connectivity index (χ1n) is 9.14. The molecule has 1 unspecified atom stereocenters. The highest BCUT2D eigenvalue weighted by atomic mass is 16.5. The number of hydrogen-bond acceptors (Lipinski definition) is 5. The van der Waals surface area contributed by atoms with Crippen LogP contribution in [0.15, 0.2) is 12.7 Å². The second-order valence-electron chi connectivity index (χ2n) is 7.68. The van der Waals surface area contributed by atoms with Gasteiger partial charge in [0.15, 0.2) is 0 Å². The first-order chi connectivity index (χ1) is 11.2. The van der Waals surface area contributed by atoms with E-state index >= 15 is 0 Å². The Hall–Kier alpha value is -0.980. The van der Waals surface area contributed by atoms with Crippen molar-refractivity contribution in [2.75, 3.05) is 26.3 Å². The molecule has 4 heterocycles. The zero-order valence-electron chi connectivity index (χ0n) is 14.3. The van der Waals surface area contributed by atoms with E-state index in [1.807, 2.05) is 11.0 Å². The van der Waals surface area contributed by atoms with Gasteiger partial charge in [-0.15, -0.1) is 0 Å². The summed E-state index contributed by atoms with van der Waals surface area (Å²) >= 11 is 0. The molecule has 3 saturated heterocycles. The topological polar surface area (TPSA) is 46.4 Å². The third-order valence-corrected chi connectivity index (χ3v) is 5.99. The molecule has 3 aliphatic heterocycles. The van der Waals surface area contributed by atoms with E-state index in [4.69, 9.17) is 4.74 Å². The second-order valence-corrected chi connectivity index (χ2v) is 7.68. The molecule has 3 aliphatic rings. The van der Waals surface area contributed by atoms with E-state index in [-0.39, 0.29) is 0 Å². The molecule has 0 radical (unpaired) electrons. The van der Waals surface area contributed by atoms with Gasteiger partial charge in [0, 0.05) is 43.9 Å². The lowest BCUT2D eigenvalue weighted by Crippen LogP contribution is -2.52. The number of ether oxygens (including phenoxy) is 1. The molecule has 6 heteroatoms. The van der Waals surface area contributed by atoms with Crippen molar-refractivity contribution in [3.63, 3.8) is 0 Å². The van der Waals surface area contributed by atoms with Gasteiger partial charge in [-0.2, -0.15) is 5.10 Å². The van der Waals surface area contributed by atoms with Crippen LogP contribution in [0.2, 0.25) is 0 Å². The van der Waals surface area contributed by atoms with Crippen molar-refractivity contribution < 1.29 is 4.74 Å². The highest BCUT2D eigenvalue weighted by Gasteiger charge is 2.45. The Labute approximate surface area is 138 Å². The van der Waals surface area contributed by atoms with Gasteiger partial charge in [-0.1, -0.05) is 0 Å². The molecule has 128 valence electrons. The van der Waals surface area contributed by atoms with Gasteiger partial charge in [-0.25, -0.2) is 4.98 Å². The van der Waals surface area contributed by atoms with E-state index in [0.29, 0.717) is 18.1 Å². The summed E-state index contributed by atoms with van der Waals surface area (Å²) in [6, 6.07) is 2.59. The number of likely N-dealkylation sites (tertiary alicyclic amines) is 2. The predicted octanol–water partition coefficient (Wildman–Crippen LogP) is 1.24. The smallest absolute Gasteiger partial charge is 0.137 e. The maximum Gasteiger partial charge on any atom is 0.137 e. The molecule has 0 saturated carbocycles. The fourth-order valence-electron chi connectivity index (χ4n) is 5.07. The highest BCUT2D eigenvalue weighted by molar-refractivity contribution is 5.00. The molecule has 0 aromatic carbocycles. The third kappa shape index (κ3) is 3.04. The molecule has 1 aromatic rings. The van der Waals surface area contributed by atoms with Gasteiger partial charge in [-0.3, -0.25) is 14.5 Å². The second kappa shape index (κ2) is 6.49. The molecule has 0 N–H and O–H groups in total. The SMILES string of the molecule is CC(C)N1[C@H](Cn2cncn2)C[C@@H]2CN(C3CCOC3)CC[C@@H]21. The van der Waals surface area contributed by atoms with Crippen molar-refractivity contribution in [3.05, 3.63) is 12.7 Å². The van der Waals surface area contributed by atoms with Gasteiger partial charge in [0.05, 0.1) is 13.2 Å². The Morgan fingerprint density at radius 2 is 2.22 bits per heavy atom. The van der Waals surface area contributed by atoms with E-state index in [0.717, 1.165) is 31.7 Å². The molecule has 0 bridgehead atoms. The minimum absolute atomic E-state index is 0.589.